The summed E-state index contributed by atoms with van der Waals surface area (Å²) in [6, 6.07) is 8.98. The van der Waals surface area contributed by atoms with Crippen LogP contribution in [0.3, 0.4) is 0 Å². The van der Waals surface area contributed by atoms with Crippen molar-refractivity contribution in [2.75, 3.05) is 25.5 Å². The molecule has 0 amide bonds. The molecule has 0 aliphatic carbocycles. The maximum Gasteiger partial charge on any atom is 0.446 e. The molecule has 0 heterocycles. The van der Waals surface area contributed by atoms with Crippen LogP contribution in [0, 0.1) is 12.7 Å². The van der Waals surface area contributed by atoms with Gasteiger partial charge >= 0.3 is 5.51 Å². The first-order chi connectivity index (χ1) is 12.6. The molecule has 3 nitrogen and oxygen atoms in total. The van der Waals surface area contributed by atoms with E-state index < -0.39 is 11.3 Å². The first-order valence-corrected chi connectivity index (χ1v) is 9.06. The van der Waals surface area contributed by atoms with Crippen molar-refractivity contribution in [2.45, 2.75) is 24.3 Å². The highest BCUT2D eigenvalue weighted by Crippen LogP contribution is 2.38. The van der Waals surface area contributed by atoms with Gasteiger partial charge in [-0.2, -0.15) is 13.2 Å². The number of rotatable bonds is 6. The van der Waals surface area contributed by atoms with Crippen molar-refractivity contribution in [2.24, 2.45) is 4.99 Å². The van der Waals surface area contributed by atoms with Crippen LogP contribution in [0.1, 0.15) is 12.5 Å². The summed E-state index contributed by atoms with van der Waals surface area (Å²) in [6.45, 7) is 4.55. The number of hydrogen-bond acceptors (Lipinski definition) is 3. The number of benzene rings is 2. The molecular weight excluding hydrogens is 378 g/mol. The van der Waals surface area contributed by atoms with Crippen molar-refractivity contribution in [1.29, 1.82) is 0 Å². The van der Waals surface area contributed by atoms with Crippen LogP contribution in [0.25, 0.3) is 0 Å². The van der Waals surface area contributed by atoms with Gasteiger partial charge in [0, 0.05) is 43.0 Å². The number of hydrogen-bond donors (Lipinski definition) is 0. The van der Waals surface area contributed by atoms with Crippen LogP contribution < -0.4 is 4.90 Å². The molecule has 27 heavy (non-hydrogen) atoms. The largest absolute Gasteiger partial charge is 0.446 e. The van der Waals surface area contributed by atoms with Crippen molar-refractivity contribution in [1.82, 2.24) is 4.90 Å². The van der Waals surface area contributed by atoms with Gasteiger partial charge in [-0.05, 0) is 61.5 Å². The Morgan fingerprint density at radius 2 is 1.74 bits per heavy atom. The van der Waals surface area contributed by atoms with E-state index in [4.69, 9.17) is 0 Å². The molecule has 0 spiro atoms. The fourth-order valence-electron chi connectivity index (χ4n) is 2.37. The van der Waals surface area contributed by atoms with Crippen LogP contribution in [-0.2, 0) is 0 Å². The highest BCUT2D eigenvalue weighted by molar-refractivity contribution is 8.00. The topological polar surface area (TPSA) is 18.8 Å². The van der Waals surface area contributed by atoms with Crippen molar-refractivity contribution in [3.05, 3.63) is 47.8 Å². The molecule has 2 aromatic rings. The second-order valence-electron chi connectivity index (χ2n) is 6.01. The third-order valence-electron chi connectivity index (χ3n) is 3.98. The molecule has 0 radical (unpaired) electrons. The van der Waals surface area contributed by atoms with E-state index in [2.05, 4.69) is 4.99 Å². The van der Waals surface area contributed by atoms with Crippen molar-refractivity contribution < 1.29 is 17.6 Å². The third-order valence-corrected chi connectivity index (χ3v) is 4.72. The number of alkyl halides is 3. The zero-order valence-corrected chi connectivity index (χ0v) is 16.3. The summed E-state index contributed by atoms with van der Waals surface area (Å²) in [6.07, 6.45) is 1.57. The first-order valence-electron chi connectivity index (χ1n) is 8.25. The van der Waals surface area contributed by atoms with E-state index >= 15 is 0 Å². The lowest BCUT2D eigenvalue weighted by Gasteiger charge is -2.22. The maximum atomic E-state index is 14.4. The van der Waals surface area contributed by atoms with Crippen LogP contribution in [0.2, 0.25) is 0 Å². The molecule has 0 aliphatic rings. The molecule has 146 valence electrons. The van der Waals surface area contributed by atoms with E-state index in [1.807, 2.05) is 25.8 Å². The quantitative estimate of drug-likeness (QED) is 0.252. The molecule has 0 fully saturated rings. The Balaban J connectivity index is 2.24. The van der Waals surface area contributed by atoms with E-state index in [0.29, 0.717) is 11.4 Å². The molecule has 0 aliphatic heterocycles. The second kappa shape index (κ2) is 8.65. The van der Waals surface area contributed by atoms with Gasteiger partial charge in [0.15, 0.2) is 5.82 Å². The zero-order chi connectivity index (χ0) is 20.2. The van der Waals surface area contributed by atoms with Gasteiger partial charge in [-0.3, -0.25) is 0 Å². The number of aliphatic imine (C=N–C) groups is 1. The molecule has 0 atom stereocenters. The van der Waals surface area contributed by atoms with Gasteiger partial charge in [-0.1, -0.05) is 0 Å². The average molecular weight is 399 g/mol. The lowest BCUT2D eigenvalue weighted by molar-refractivity contribution is -0.0328. The zero-order valence-electron chi connectivity index (χ0n) is 15.5. The molecule has 0 saturated heterocycles. The standard InChI is InChI=1S/C19H21F4N3S/c1-5-25(3)12-24-17-10-13(2)18(11-16(17)20)26(4)14-6-8-15(9-7-14)27-19(21,22)23/h6-12H,5H2,1-4H3. The van der Waals surface area contributed by atoms with Crippen LogP contribution in [0.15, 0.2) is 46.3 Å². The van der Waals surface area contributed by atoms with Crippen LogP contribution >= 0.6 is 11.8 Å². The Morgan fingerprint density at radius 3 is 2.30 bits per heavy atom. The summed E-state index contributed by atoms with van der Waals surface area (Å²) in [4.78, 5) is 7.82. The van der Waals surface area contributed by atoms with Gasteiger partial charge in [0.2, 0.25) is 0 Å². The Bertz CT molecular complexity index is 804. The summed E-state index contributed by atoms with van der Waals surface area (Å²) < 4.78 is 51.7. The van der Waals surface area contributed by atoms with Crippen molar-refractivity contribution in [3.8, 4) is 0 Å². The van der Waals surface area contributed by atoms with Gasteiger partial charge < -0.3 is 9.80 Å². The van der Waals surface area contributed by atoms with E-state index in [0.717, 1.165) is 12.1 Å². The molecule has 0 aromatic heterocycles. The molecule has 8 heteroatoms. The van der Waals surface area contributed by atoms with E-state index in [-0.39, 0.29) is 22.3 Å². The normalized spacial score (nSPS) is 11.9. The summed E-state index contributed by atoms with van der Waals surface area (Å²) >= 11 is -0.164. The highest BCUT2D eigenvalue weighted by Gasteiger charge is 2.29. The van der Waals surface area contributed by atoms with Gasteiger partial charge in [-0.15, -0.1) is 0 Å². The number of thioether (sulfide) groups is 1. The monoisotopic (exact) mass is 399 g/mol. The first kappa shape index (κ1) is 21.1. The molecule has 2 rings (SSSR count). The Labute approximate surface area is 160 Å². The van der Waals surface area contributed by atoms with Crippen LogP contribution in [-0.4, -0.2) is 37.4 Å². The highest BCUT2D eigenvalue weighted by atomic mass is 32.2. The Kier molecular flexibility index (Phi) is 6.75. The van der Waals surface area contributed by atoms with Gasteiger partial charge in [0.05, 0.1) is 6.34 Å². The minimum atomic E-state index is -4.32. The molecule has 0 bridgehead atoms. The Hall–Kier alpha value is -2.22. The van der Waals surface area contributed by atoms with E-state index in [1.54, 1.807) is 36.5 Å². The fraction of sp³-hybridized carbons (Fsp3) is 0.316. The second-order valence-corrected chi connectivity index (χ2v) is 7.15. The molecule has 2 aromatic carbocycles. The van der Waals surface area contributed by atoms with Gasteiger partial charge in [-0.25, -0.2) is 9.38 Å². The summed E-state index contributed by atoms with van der Waals surface area (Å²) in [5.74, 6) is -0.465. The molecule has 0 unspecified atom stereocenters. The van der Waals surface area contributed by atoms with E-state index in [1.165, 1.54) is 18.2 Å². The minimum absolute atomic E-state index is 0.104. The maximum absolute atomic E-state index is 14.4. The third kappa shape index (κ3) is 5.89. The number of anilines is 2. The fourth-order valence-corrected chi connectivity index (χ4v) is 2.91. The van der Waals surface area contributed by atoms with Crippen LogP contribution in [0.4, 0.5) is 34.6 Å². The average Bonchev–Trinajstić information content (AvgIpc) is 2.60. The number of nitrogens with zero attached hydrogens (tertiary/aromatic N) is 3. The summed E-state index contributed by atoms with van der Waals surface area (Å²) in [7, 11) is 3.58. The minimum Gasteiger partial charge on any atom is -0.366 e. The molecule has 0 N–H and O–H groups in total. The predicted molar refractivity (Wildman–Crippen MR) is 104 cm³/mol. The molecule has 0 saturated carbocycles. The van der Waals surface area contributed by atoms with Gasteiger partial charge in [0.25, 0.3) is 0 Å². The number of halogens is 4. The number of aryl methyl sites for hydroxylation is 1. The van der Waals surface area contributed by atoms with Gasteiger partial charge in [0.1, 0.15) is 5.69 Å². The molecular formula is C19H21F4N3S. The van der Waals surface area contributed by atoms with Crippen molar-refractivity contribution in [3.63, 3.8) is 0 Å². The SMILES string of the molecule is CCN(C)C=Nc1cc(C)c(N(C)c2ccc(SC(F)(F)F)cc2)cc1F. The smallest absolute Gasteiger partial charge is 0.366 e. The van der Waals surface area contributed by atoms with E-state index in [9.17, 15) is 17.6 Å². The van der Waals surface area contributed by atoms with Crippen molar-refractivity contribution >= 4 is 35.2 Å². The summed E-state index contributed by atoms with van der Waals surface area (Å²) in [5, 5.41) is 0. The predicted octanol–water partition coefficient (Wildman–Crippen LogP) is 6.13. The van der Waals surface area contributed by atoms with Crippen LogP contribution in [0.5, 0.6) is 0 Å². The summed E-state index contributed by atoms with van der Waals surface area (Å²) in [5.41, 5.74) is -2.01. The lowest BCUT2D eigenvalue weighted by Crippen LogP contribution is -2.14. The lowest BCUT2D eigenvalue weighted by atomic mass is 10.1. The Morgan fingerprint density at radius 1 is 1.11 bits per heavy atom.